The zero-order valence-electron chi connectivity index (χ0n) is 14.9. The Hall–Kier alpha value is -1.87. The maximum atomic E-state index is 6.39. The molecule has 0 aliphatic heterocycles. The molecule has 3 rings (SSSR count). The number of ether oxygens (including phenoxy) is 1. The Morgan fingerprint density at radius 3 is 2.33 bits per heavy atom. The van der Waals surface area contributed by atoms with Gasteiger partial charge >= 0.3 is 0 Å². The summed E-state index contributed by atoms with van der Waals surface area (Å²) in [6, 6.07) is 19.5. The van der Waals surface area contributed by atoms with Gasteiger partial charge in [0.15, 0.2) is 0 Å². The van der Waals surface area contributed by atoms with Crippen molar-refractivity contribution in [3.8, 4) is 5.75 Å². The number of anilines is 1. The van der Waals surface area contributed by atoms with E-state index in [1.807, 2.05) is 30.3 Å². The van der Waals surface area contributed by atoms with E-state index < -0.39 is 0 Å². The minimum absolute atomic E-state index is 0.375. The molecular formula is C22H20Cl3NO. The molecule has 3 aromatic rings. The van der Waals surface area contributed by atoms with Gasteiger partial charge in [-0.25, -0.2) is 0 Å². The van der Waals surface area contributed by atoms with Gasteiger partial charge in [0.2, 0.25) is 0 Å². The van der Waals surface area contributed by atoms with Crippen LogP contribution < -0.4 is 10.1 Å². The molecule has 0 atom stereocenters. The van der Waals surface area contributed by atoms with Gasteiger partial charge in [-0.1, -0.05) is 66.0 Å². The van der Waals surface area contributed by atoms with Crippen LogP contribution >= 0.6 is 34.8 Å². The normalized spacial score (nSPS) is 10.7. The third kappa shape index (κ3) is 5.55. The minimum atomic E-state index is 0.375. The van der Waals surface area contributed by atoms with Crippen molar-refractivity contribution in [3.05, 3.63) is 92.4 Å². The molecule has 0 unspecified atom stereocenters. The molecule has 5 heteroatoms. The highest BCUT2D eigenvalue weighted by Crippen LogP contribution is 2.33. The van der Waals surface area contributed by atoms with Gasteiger partial charge in [0.25, 0.3) is 0 Å². The second-order valence-electron chi connectivity index (χ2n) is 6.20. The molecule has 0 radical (unpaired) electrons. The maximum Gasteiger partial charge on any atom is 0.143 e. The fraction of sp³-hybridized carbons (Fsp3) is 0.182. The Bertz CT molecular complexity index is 910. The summed E-state index contributed by atoms with van der Waals surface area (Å²) in [7, 11) is 0. The summed E-state index contributed by atoms with van der Waals surface area (Å²) in [5, 5.41) is 5.14. The zero-order chi connectivity index (χ0) is 19.2. The topological polar surface area (TPSA) is 21.3 Å². The maximum absolute atomic E-state index is 6.39. The number of hydrogen-bond acceptors (Lipinski definition) is 2. The van der Waals surface area contributed by atoms with E-state index in [0.717, 1.165) is 23.2 Å². The Morgan fingerprint density at radius 2 is 1.63 bits per heavy atom. The Kier molecular flexibility index (Phi) is 6.89. The van der Waals surface area contributed by atoms with Crippen LogP contribution in [0.25, 0.3) is 0 Å². The van der Waals surface area contributed by atoms with Gasteiger partial charge in [-0.2, -0.15) is 0 Å². The van der Waals surface area contributed by atoms with Crippen LogP contribution in [0, 0.1) is 0 Å². The summed E-state index contributed by atoms with van der Waals surface area (Å²) >= 11 is 18.6. The summed E-state index contributed by atoms with van der Waals surface area (Å²) in [4.78, 5) is 0. The van der Waals surface area contributed by atoms with Gasteiger partial charge < -0.3 is 10.1 Å². The standard InChI is InChI=1S/C22H20Cl3NO/c1-2-15-6-8-20(9-7-15)26-13-17-11-19(24)12-21(25)22(17)27-14-16-4-3-5-18(23)10-16/h3-12,26H,2,13-14H2,1H3. The van der Waals surface area contributed by atoms with E-state index in [0.29, 0.717) is 34.0 Å². The van der Waals surface area contributed by atoms with E-state index in [9.17, 15) is 0 Å². The second kappa shape index (κ2) is 9.36. The minimum Gasteiger partial charge on any atom is -0.487 e. The highest BCUT2D eigenvalue weighted by Gasteiger charge is 2.11. The smallest absolute Gasteiger partial charge is 0.143 e. The van der Waals surface area contributed by atoms with Crippen molar-refractivity contribution < 1.29 is 4.74 Å². The first-order chi connectivity index (χ1) is 13.0. The molecule has 2 nitrogen and oxygen atoms in total. The van der Waals surface area contributed by atoms with Crippen LogP contribution in [0.4, 0.5) is 5.69 Å². The van der Waals surface area contributed by atoms with Crippen LogP contribution in [0.15, 0.2) is 60.7 Å². The van der Waals surface area contributed by atoms with Crippen molar-refractivity contribution in [1.29, 1.82) is 0 Å². The number of benzene rings is 3. The molecule has 0 heterocycles. The monoisotopic (exact) mass is 419 g/mol. The van der Waals surface area contributed by atoms with E-state index >= 15 is 0 Å². The van der Waals surface area contributed by atoms with E-state index in [-0.39, 0.29) is 0 Å². The van der Waals surface area contributed by atoms with E-state index in [1.54, 1.807) is 6.07 Å². The molecule has 0 bridgehead atoms. The first kappa shape index (κ1) is 19.9. The summed E-state index contributed by atoms with van der Waals surface area (Å²) in [6.45, 7) is 3.07. The SMILES string of the molecule is CCc1ccc(NCc2cc(Cl)cc(Cl)c2OCc2cccc(Cl)c2)cc1. The summed E-state index contributed by atoms with van der Waals surface area (Å²) in [5.74, 6) is 0.624. The highest BCUT2D eigenvalue weighted by molar-refractivity contribution is 6.35. The molecule has 3 aromatic carbocycles. The van der Waals surface area contributed by atoms with Crippen molar-refractivity contribution in [2.75, 3.05) is 5.32 Å². The van der Waals surface area contributed by atoms with Gasteiger partial charge in [0, 0.05) is 27.8 Å². The first-order valence-corrected chi connectivity index (χ1v) is 9.86. The van der Waals surface area contributed by atoms with Crippen LogP contribution in [0.3, 0.4) is 0 Å². The van der Waals surface area contributed by atoms with Crippen molar-refractivity contribution in [2.45, 2.75) is 26.5 Å². The molecule has 0 aliphatic carbocycles. The lowest BCUT2D eigenvalue weighted by atomic mass is 10.1. The van der Waals surface area contributed by atoms with E-state index in [2.05, 4.69) is 36.5 Å². The number of hydrogen-bond donors (Lipinski definition) is 1. The molecule has 0 aliphatic rings. The molecule has 27 heavy (non-hydrogen) atoms. The lowest BCUT2D eigenvalue weighted by Gasteiger charge is -2.15. The summed E-state index contributed by atoms with van der Waals surface area (Å²) in [6.07, 6.45) is 1.02. The summed E-state index contributed by atoms with van der Waals surface area (Å²) in [5.41, 5.74) is 4.21. The fourth-order valence-corrected chi connectivity index (χ4v) is 3.55. The molecule has 0 fully saturated rings. The lowest BCUT2D eigenvalue weighted by molar-refractivity contribution is 0.303. The average Bonchev–Trinajstić information content (AvgIpc) is 2.66. The zero-order valence-corrected chi connectivity index (χ0v) is 17.2. The molecule has 0 spiro atoms. The number of halogens is 3. The van der Waals surface area contributed by atoms with Crippen molar-refractivity contribution in [2.24, 2.45) is 0 Å². The van der Waals surface area contributed by atoms with Crippen molar-refractivity contribution in [1.82, 2.24) is 0 Å². The molecule has 0 aromatic heterocycles. The Labute approximate surface area is 175 Å². The first-order valence-electron chi connectivity index (χ1n) is 8.73. The molecule has 1 N–H and O–H groups in total. The molecule has 140 valence electrons. The van der Waals surface area contributed by atoms with Gasteiger partial charge in [-0.15, -0.1) is 0 Å². The van der Waals surface area contributed by atoms with Gasteiger partial charge in [-0.3, -0.25) is 0 Å². The van der Waals surface area contributed by atoms with Crippen LogP contribution in [0.2, 0.25) is 15.1 Å². The predicted molar refractivity (Wildman–Crippen MR) is 115 cm³/mol. The van der Waals surface area contributed by atoms with E-state index in [4.69, 9.17) is 39.5 Å². The third-order valence-electron chi connectivity index (χ3n) is 4.20. The predicted octanol–water partition coefficient (Wildman–Crippen LogP) is 7.40. The number of nitrogens with one attached hydrogen (secondary N) is 1. The van der Waals surface area contributed by atoms with E-state index in [1.165, 1.54) is 5.56 Å². The molecule has 0 amide bonds. The van der Waals surface area contributed by atoms with Crippen LogP contribution in [0.5, 0.6) is 5.75 Å². The quantitative estimate of drug-likeness (QED) is 0.430. The van der Waals surface area contributed by atoms with Gasteiger partial charge in [0.1, 0.15) is 12.4 Å². The average molecular weight is 421 g/mol. The Morgan fingerprint density at radius 1 is 0.852 bits per heavy atom. The lowest BCUT2D eigenvalue weighted by Crippen LogP contribution is -2.04. The third-order valence-corrected chi connectivity index (χ3v) is 4.94. The number of aryl methyl sites for hydroxylation is 1. The highest BCUT2D eigenvalue weighted by atomic mass is 35.5. The van der Waals surface area contributed by atoms with Crippen molar-refractivity contribution in [3.63, 3.8) is 0 Å². The van der Waals surface area contributed by atoms with Crippen LogP contribution in [-0.2, 0) is 19.6 Å². The van der Waals surface area contributed by atoms with Gasteiger partial charge in [-0.05, 0) is 53.9 Å². The van der Waals surface area contributed by atoms with Crippen LogP contribution in [-0.4, -0.2) is 0 Å². The largest absolute Gasteiger partial charge is 0.487 e. The van der Waals surface area contributed by atoms with Crippen LogP contribution in [0.1, 0.15) is 23.6 Å². The summed E-state index contributed by atoms with van der Waals surface area (Å²) < 4.78 is 6.00. The molecular weight excluding hydrogens is 401 g/mol. The van der Waals surface area contributed by atoms with Gasteiger partial charge in [0.05, 0.1) is 5.02 Å². The fourth-order valence-electron chi connectivity index (χ4n) is 2.74. The molecule has 0 saturated heterocycles. The second-order valence-corrected chi connectivity index (χ2v) is 7.48. The Balaban J connectivity index is 1.75. The van der Waals surface area contributed by atoms with Crippen molar-refractivity contribution >= 4 is 40.5 Å². The molecule has 0 saturated carbocycles. The number of rotatable bonds is 7.